The van der Waals surface area contributed by atoms with Crippen molar-refractivity contribution in [3.63, 3.8) is 0 Å². The fourth-order valence-corrected chi connectivity index (χ4v) is 4.57. The van der Waals surface area contributed by atoms with Gasteiger partial charge in [0.1, 0.15) is 5.75 Å². The summed E-state index contributed by atoms with van der Waals surface area (Å²) in [5.74, 6) is 1.06. The van der Waals surface area contributed by atoms with E-state index in [-0.39, 0.29) is 24.9 Å². The normalized spacial score (nSPS) is 10.9. The molecule has 8 heteroatoms. The first-order valence-corrected chi connectivity index (χ1v) is 11.7. The quantitative estimate of drug-likeness (QED) is 0.299. The third-order valence-corrected chi connectivity index (χ3v) is 6.37. The number of aryl methyl sites for hydroxylation is 2. The number of imidazole rings is 1. The van der Waals surface area contributed by atoms with Gasteiger partial charge in [-0.2, -0.15) is 0 Å². The molecule has 0 unspecified atom stereocenters. The first kappa shape index (κ1) is 24.7. The molecule has 6 nitrogen and oxygen atoms in total. The number of amides is 1. The highest BCUT2D eigenvalue weighted by molar-refractivity contribution is 7.22. The summed E-state index contributed by atoms with van der Waals surface area (Å²) in [6, 6.07) is 14.1. The standard InChI is InChI=1S/C25H28N4O2S.ClH/c1-18(2)20-6-8-21(9-7-20)31-16-24(30)29(13-4-12-28-14-11-26-17-28)25-27-22-10-5-19(3)15-23(22)32-25;/h5-11,14-15,17-18H,4,12-13,16H2,1-3H3;1H. The molecule has 4 rings (SSSR count). The number of carbonyl (C=O) groups excluding carboxylic acids is 1. The summed E-state index contributed by atoms with van der Waals surface area (Å²) >= 11 is 1.54. The number of benzene rings is 2. The van der Waals surface area contributed by atoms with Crippen LogP contribution in [0.15, 0.2) is 61.2 Å². The molecule has 0 saturated carbocycles. The maximum absolute atomic E-state index is 13.2. The molecule has 2 aromatic heterocycles. The minimum absolute atomic E-state index is 0. The Kier molecular flexibility index (Phi) is 8.47. The highest BCUT2D eigenvalue weighted by Gasteiger charge is 2.20. The Bertz CT molecular complexity index is 1170. The van der Waals surface area contributed by atoms with Crippen molar-refractivity contribution in [2.45, 2.75) is 39.7 Å². The summed E-state index contributed by atoms with van der Waals surface area (Å²) in [6.45, 7) is 7.68. The lowest BCUT2D eigenvalue weighted by atomic mass is 10.0. The summed E-state index contributed by atoms with van der Waals surface area (Å²) in [6.07, 6.45) is 6.27. The van der Waals surface area contributed by atoms with E-state index in [1.807, 2.05) is 47.2 Å². The molecule has 0 aliphatic heterocycles. The number of fused-ring (bicyclic) bond motifs is 1. The molecule has 2 aromatic carbocycles. The fourth-order valence-electron chi connectivity index (χ4n) is 3.46. The number of halogens is 1. The molecule has 0 aliphatic rings. The van der Waals surface area contributed by atoms with Crippen LogP contribution in [0.1, 0.15) is 37.3 Å². The minimum Gasteiger partial charge on any atom is -0.484 e. The molecule has 0 fully saturated rings. The molecule has 0 radical (unpaired) electrons. The SMILES string of the molecule is Cc1ccc2nc(N(CCCn3ccnc3)C(=O)COc3ccc(C(C)C)cc3)sc2c1.Cl. The van der Waals surface area contributed by atoms with E-state index in [9.17, 15) is 4.79 Å². The summed E-state index contributed by atoms with van der Waals surface area (Å²) in [5.41, 5.74) is 3.33. The van der Waals surface area contributed by atoms with Crippen molar-refractivity contribution in [2.75, 3.05) is 18.1 Å². The largest absolute Gasteiger partial charge is 0.484 e. The number of anilines is 1. The van der Waals surface area contributed by atoms with Crippen LogP contribution in [-0.4, -0.2) is 33.6 Å². The lowest BCUT2D eigenvalue weighted by Gasteiger charge is -2.20. The predicted molar refractivity (Wildman–Crippen MR) is 137 cm³/mol. The Labute approximate surface area is 204 Å². The van der Waals surface area contributed by atoms with Crippen molar-refractivity contribution in [3.05, 3.63) is 72.3 Å². The average molecular weight is 485 g/mol. The minimum atomic E-state index is -0.0978. The van der Waals surface area contributed by atoms with E-state index in [0.29, 0.717) is 23.3 Å². The van der Waals surface area contributed by atoms with Gasteiger partial charge >= 0.3 is 0 Å². The second-order valence-electron chi connectivity index (χ2n) is 8.18. The molecule has 33 heavy (non-hydrogen) atoms. The van der Waals surface area contributed by atoms with Crippen LogP contribution < -0.4 is 9.64 Å². The van der Waals surface area contributed by atoms with Crippen molar-refractivity contribution in [2.24, 2.45) is 0 Å². The van der Waals surface area contributed by atoms with E-state index < -0.39 is 0 Å². The van der Waals surface area contributed by atoms with Crippen molar-refractivity contribution in [3.8, 4) is 5.75 Å². The van der Waals surface area contributed by atoms with Crippen LogP contribution in [0.25, 0.3) is 10.2 Å². The number of carbonyl (C=O) groups is 1. The van der Waals surface area contributed by atoms with Crippen LogP contribution in [0, 0.1) is 6.92 Å². The van der Waals surface area contributed by atoms with Crippen molar-refractivity contribution >= 4 is 45.0 Å². The Hall–Kier alpha value is -2.90. The first-order valence-electron chi connectivity index (χ1n) is 10.9. The molecule has 1 amide bonds. The molecular formula is C25H29ClN4O2S. The number of hydrogen-bond acceptors (Lipinski definition) is 5. The molecule has 2 heterocycles. The van der Waals surface area contributed by atoms with Gasteiger partial charge in [0, 0.05) is 25.5 Å². The number of ether oxygens (including phenoxy) is 1. The zero-order valence-electron chi connectivity index (χ0n) is 19.1. The number of rotatable bonds is 9. The first-order chi connectivity index (χ1) is 15.5. The summed E-state index contributed by atoms with van der Waals surface area (Å²) in [5, 5.41) is 0.708. The van der Waals surface area contributed by atoms with Gasteiger partial charge in [0.2, 0.25) is 0 Å². The van der Waals surface area contributed by atoms with E-state index in [1.54, 1.807) is 28.8 Å². The van der Waals surface area contributed by atoms with Gasteiger partial charge in [0.25, 0.3) is 5.91 Å². The molecule has 0 atom stereocenters. The number of hydrogen-bond donors (Lipinski definition) is 0. The van der Waals surface area contributed by atoms with Gasteiger partial charge in [-0.1, -0.05) is 43.4 Å². The zero-order chi connectivity index (χ0) is 22.5. The van der Waals surface area contributed by atoms with Crippen LogP contribution in [0.5, 0.6) is 5.75 Å². The van der Waals surface area contributed by atoms with Crippen LogP contribution in [-0.2, 0) is 11.3 Å². The molecule has 174 valence electrons. The van der Waals surface area contributed by atoms with Gasteiger partial charge in [-0.3, -0.25) is 9.69 Å². The lowest BCUT2D eigenvalue weighted by molar-refractivity contribution is -0.120. The van der Waals surface area contributed by atoms with Crippen molar-refractivity contribution in [1.82, 2.24) is 14.5 Å². The van der Waals surface area contributed by atoms with Crippen LogP contribution in [0.3, 0.4) is 0 Å². The predicted octanol–water partition coefficient (Wildman–Crippen LogP) is 5.85. The molecule has 4 aromatic rings. The zero-order valence-corrected chi connectivity index (χ0v) is 20.7. The Morgan fingerprint density at radius 1 is 1.18 bits per heavy atom. The second kappa shape index (κ2) is 11.3. The topological polar surface area (TPSA) is 60.2 Å². The summed E-state index contributed by atoms with van der Waals surface area (Å²) in [4.78, 5) is 23.7. The van der Waals surface area contributed by atoms with E-state index in [2.05, 4.69) is 31.8 Å². The van der Waals surface area contributed by atoms with Crippen LogP contribution >= 0.6 is 23.7 Å². The molecule has 0 saturated heterocycles. The van der Waals surface area contributed by atoms with Crippen molar-refractivity contribution < 1.29 is 9.53 Å². The molecule has 0 aliphatic carbocycles. The van der Waals surface area contributed by atoms with E-state index in [4.69, 9.17) is 9.72 Å². The third kappa shape index (κ3) is 6.33. The average Bonchev–Trinajstić information content (AvgIpc) is 3.44. The smallest absolute Gasteiger partial charge is 0.266 e. The summed E-state index contributed by atoms with van der Waals surface area (Å²) < 4.78 is 8.91. The maximum Gasteiger partial charge on any atom is 0.266 e. The number of thiazole rings is 1. The lowest BCUT2D eigenvalue weighted by Crippen LogP contribution is -2.36. The van der Waals surface area contributed by atoms with Gasteiger partial charge in [0.05, 0.1) is 16.5 Å². The van der Waals surface area contributed by atoms with Gasteiger partial charge < -0.3 is 9.30 Å². The van der Waals surface area contributed by atoms with Gasteiger partial charge in [-0.25, -0.2) is 9.97 Å². The number of nitrogens with zero attached hydrogens (tertiary/aromatic N) is 4. The highest BCUT2D eigenvalue weighted by Crippen LogP contribution is 2.30. The van der Waals surface area contributed by atoms with E-state index in [1.165, 1.54) is 11.1 Å². The second-order valence-corrected chi connectivity index (χ2v) is 9.19. The molecule has 0 spiro atoms. The van der Waals surface area contributed by atoms with Crippen LogP contribution in [0.4, 0.5) is 5.13 Å². The molecular weight excluding hydrogens is 456 g/mol. The number of aromatic nitrogens is 3. The maximum atomic E-state index is 13.2. The van der Waals surface area contributed by atoms with Crippen molar-refractivity contribution in [1.29, 1.82) is 0 Å². The van der Waals surface area contributed by atoms with Gasteiger partial charge in [0.15, 0.2) is 11.7 Å². The highest BCUT2D eigenvalue weighted by atomic mass is 35.5. The Balaban J connectivity index is 0.00000306. The Morgan fingerprint density at radius 3 is 2.67 bits per heavy atom. The van der Waals surface area contributed by atoms with E-state index >= 15 is 0 Å². The Morgan fingerprint density at radius 2 is 1.97 bits per heavy atom. The summed E-state index contributed by atoms with van der Waals surface area (Å²) in [7, 11) is 0. The molecule has 0 N–H and O–H groups in total. The monoisotopic (exact) mass is 484 g/mol. The van der Waals surface area contributed by atoms with Crippen LogP contribution in [0.2, 0.25) is 0 Å². The fraction of sp³-hybridized carbons (Fsp3) is 0.320. The van der Waals surface area contributed by atoms with Gasteiger partial charge in [-0.15, -0.1) is 12.4 Å². The third-order valence-electron chi connectivity index (χ3n) is 5.33. The van der Waals surface area contributed by atoms with Gasteiger partial charge in [-0.05, 0) is 54.7 Å². The molecule has 0 bridgehead atoms. The van der Waals surface area contributed by atoms with E-state index in [0.717, 1.165) is 23.2 Å².